The van der Waals surface area contributed by atoms with E-state index in [1.807, 2.05) is 19.1 Å². The molecule has 1 N–H and O–H groups in total. The van der Waals surface area contributed by atoms with Gasteiger partial charge in [0.05, 0.1) is 11.9 Å². The second kappa shape index (κ2) is 8.01. The van der Waals surface area contributed by atoms with Crippen molar-refractivity contribution in [3.8, 4) is 0 Å². The molecule has 0 radical (unpaired) electrons. The van der Waals surface area contributed by atoms with E-state index in [0.717, 1.165) is 37.5 Å². The van der Waals surface area contributed by atoms with Crippen LogP contribution in [0, 0.1) is 6.92 Å². The zero-order valence-electron chi connectivity index (χ0n) is 14.8. The third kappa shape index (κ3) is 4.97. The van der Waals surface area contributed by atoms with Crippen LogP contribution < -0.4 is 9.62 Å². The maximum atomic E-state index is 12.6. The van der Waals surface area contributed by atoms with Gasteiger partial charge in [0.25, 0.3) is 0 Å². The molecule has 0 bridgehead atoms. The summed E-state index contributed by atoms with van der Waals surface area (Å²) in [6, 6.07) is 6.57. The number of carbonyl (C=O) groups is 1. The maximum Gasteiger partial charge on any atom is 0.243 e. The van der Waals surface area contributed by atoms with Crippen LogP contribution in [0.25, 0.3) is 0 Å². The number of sulfonamides is 1. The first-order valence-electron chi connectivity index (χ1n) is 8.65. The molecule has 0 aromatic heterocycles. The Labute approximate surface area is 145 Å². The zero-order valence-corrected chi connectivity index (χ0v) is 15.6. The van der Waals surface area contributed by atoms with Crippen molar-refractivity contribution in [2.75, 3.05) is 10.6 Å². The fraction of sp³-hybridized carbons (Fsp3) is 0.611. The van der Waals surface area contributed by atoms with E-state index in [9.17, 15) is 13.2 Å². The molecule has 5 nitrogen and oxygen atoms in total. The fourth-order valence-corrected chi connectivity index (χ4v) is 4.42. The van der Waals surface area contributed by atoms with Gasteiger partial charge in [0.1, 0.15) is 6.04 Å². The van der Waals surface area contributed by atoms with Crippen LogP contribution in [-0.2, 0) is 14.8 Å². The quantitative estimate of drug-likeness (QED) is 0.829. The van der Waals surface area contributed by atoms with Gasteiger partial charge >= 0.3 is 0 Å². The monoisotopic (exact) mass is 352 g/mol. The van der Waals surface area contributed by atoms with Crippen molar-refractivity contribution in [3.63, 3.8) is 0 Å². The van der Waals surface area contributed by atoms with Gasteiger partial charge in [-0.05, 0) is 38.8 Å². The number of benzene rings is 1. The second-order valence-electron chi connectivity index (χ2n) is 6.77. The average Bonchev–Trinajstić information content (AvgIpc) is 2.76. The van der Waals surface area contributed by atoms with Gasteiger partial charge in [0.2, 0.25) is 15.9 Å². The number of amides is 1. The number of carbonyl (C=O) groups excluding carboxylic acids is 1. The normalized spacial score (nSPS) is 17.8. The molecule has 1 aliphatic rings. The van der Waals surface area contributed by atoms with E-state index in [-0.39, 0.29) is 11.9 Å². The second-order valence-corrected chi connectivity index (χ2v) is 8.63. The van der Waals surface area contributed by atoms with Crippen LogP contribution in [-0.4, -0.2) is 32.7 Å². The summed E-state index contributed by atoms with van der Waals surface area (Å²) in [5.41, 5.74) is 1.56. The molecule has 1 amide bonds. The lowest BCUT2D eigenvalue weighted by atomic mass is 10.1. The fourth-order valence-electron chi connectivity index (χ4n) is 3.25. The molecule has 6 heteroatoms. The predicted octanol–water partition coefficient (Wildman–Crippen LogP) is 2.99. The van der Waals surface area contributed by atoms with E-state index in [1.165, 1.54) is 17.1 Å². The SMILES string of the molecule is Cc1ccc(N([C@H](C)C(=O)NC2CCCCCC2)S(C)(=O)=O)cc1. The van der Waals surface area contributed by atoms with Crippen molar-refractivity contribution in [2.24, 2.45) is 0 Å². The lowest BCUT2D eigenvalue weighted by Crippen LogP contribution is -2.50. The number of hydrogen-bond acceptors (Lipinski definition) is 3. The molecular formula is C18H28N2O3S. The van der Waals surface area contributed by atoms with Gasteiger partial charge in [-0.3, -0.25) is 9.10 Å². The van der Waals surface area contributed by atoms with E-state index in [0.29, 0.717) is 5.69 Å². The molecule has 134 valence electrons. The van der Waals surface area contributed by atoms with Crippen molar-refractivity contribution < 1.29 is 13.2 Å². The molecule has 0 saturated heterocycles. The number of nitrogens with zero attached hydrogens (tertiary/aromatic N) is 1. The van der Waals surface area contributed by atoms with Crippen LogP contribution in [0.3, 0.4) is 0 Å². The summed E-state index contributed by atoms with van der Waals surface area (Å²) in [7, 11) is -3.55. The molecule has 1 aromatic rings. The van der Waals surface area contributed by atoms with E-state index >= 15 is 0 Å². The minimum Gasteiger partial charge on any atom is -0.352 e. The van der Waals surface area contributed by atoms with Gasteiger partial charge in [-0.1, -0.05) is 43.4 Å². The first-order chi connectivity index (χ1) is 11.3. The van der Waals surface area contributed by atoms with Gasteiger partial charge in [-0.15, -0.1) is 0 Å². The Hall–Kier alpha value is -1.56. The van der Waals surface area contributed by atoms with Crippen molar-refractivity contribution in [1.29, 1.82) is 0 Å². The number of rotatable bonds is 5. The van der Waals surface area contributed by atoms with Crippen molar-refractivity contribution in [3.05, 3.63) is 29.8 Å². The third-order valence-electron chi connectivity index (χ3n) is 4.58. The first-order valence-corrected chi connectivity index (χ1v) is 10.5. The zero-order chi connectivity index (χ0) is 17.7. The molecule has 0 heterocycles. The highest BCUT2D eigenvalue weighted by Gasteiger charge is 2.30. The van der Waals surface area contributed by atoms with Crippen LogP contribution in [0.5, 0.6) is 0 Å². The molecule has 24 heavy (non-hydrogen) atoms. The largest absolute Gasteiger partial charge is 0.352 e. The lowest BCUT2D eigenvalue weighted by molar-refractivity contribution is -0.122. The lowest BCUT2D eigenvalue weighted by Gasteiger charge is -2.29. The molecule has 0 unspecified atom stereocenters. The summed E-state index contributed by atoms with van der Waals surface area (Å²) in [5, 5.41) is 3.05. The minimum absolute atomic E-state index is 0.155. The van der Waals surface area contributed by atoms with Gasteiger partial charge in [-0.25, -0.2) is 8.42 Å². The molecule has 0 spiro atoms. The summed E-state index contributed by atoms with van der Waals surface area (Å²) in [6.07, 6.45) is 7.74. The van der Waals surface area contributed by atoms with Gasteiger partial charge in [-0.2, -0.15) is 0 Å². The number of anilines is 1. The van der Waals surface area contributed by atoms with Crippen molar-refractivity contribution in [1.82, 2.24) is 5.32 Å². The Bertz CT molecular complexity index is 647. The van der Waals surface area contributed by atoms with Crippen LogP contribution in [0.15, 0.2) is 24.3 Å². The van der Waals surface area contributed by atoms with Crippen LogP contribution in [0.4, 0.5) is 5.69 Å². The Kier molecular flexibility index (Phi) is 6.27. The molecule has 1 atom stereocenters. The van der Waals surface area contributed by atoms with E-state index in [4.69, 9.17) is 0 Å². The average molecular weight is 352 g/mol. The molecule has 2 rings (SSSR count). The Morgan fingerprint density at radius 3 is 2.17 bits per heavy atom. The van der Waals surface area contributed by atoms with E-state index in [1.54, 1.807) is 19.1 Å². The van der Waals surface area contributed by atoms with E-state index < -0.39 is 16.1 Å². The van der Waals surface area contributed by atoms with E-state index in [2.05, 4.69) is 5.32 Å². The number of hydrogen-bond donors (Lipinski definition) is 1. The van der Waals surface area contributed by atoms with Crippen LogP contribution in [0.1, 0.15) is 51.0 Å². The van der Waals surface area contributed by atoms with Crippen molar-refractivity contribution >= 4 is 21.6 Å². The third-order valence-corrected chi connectivity index (χ3v) is 5.82. The summed E-state index contributed by atoms with van der Waals surface area (Å²) < 4.78 is 25.7. The van der Waals surface area contributed by atoms with Crippen molar-refractivity contribution in [2.45, 2.75) is 64.5 Å². The summed E-state index contributed by atoms with van der Waals surface area (Å²) >= 11 is 0. The maximum absolute atomic E-state index is 12.6. The first kappa shape index (κ1) is 18.8. The molecule has 0 aliphatic heterocycles. The van der Waals surface area contributed by atoms with Crippen LogP contribution in [0.2, 0.25) is 0 Å². The minimum atomic E-state index is -3.55. The molecular weight excluding hydrogens is 324 g/mol. The molecule has 1 aromatic carbocycles. The topological polar surface area (TPSA) is 66.5 Å². The number of aryl methyl sites for hydroxylation is 1. The number of nitrogens with one attached hydrogen (secondary N) is 1. The molecule has 1 saturated carbocycles. The highest BCUT2D eigenvalue weighted by Crippen LogP contribution is 2.22. The predicted molar refractivity (Wildman–Crippen MR) is 97.6 cm³/mol. The molecule has 1 aliphatic carbocycles. The summed E-state index contributed by atoms with van der Waals surface area (Å²) in [6.45, 7) is 3.59. The van der Waals surface area contributed by atoms with Gasteiger partial charge < -0.3 is 5.32 Å². The highest BCUT2D eigenvalue weighted by atomic mass is 32.2. The van der Waals surface area contributed by atoms with Gasteiger partial charge in [0, 0.05) is 6.04 Å². The summed E-state index contributed by atoms with van der Waals surface area (Å²) in [4.78, 5) is 12.6. The molecule has 1 fully saturated rings. The highest BCUT2D eigenvalue weighted by molar-refractivity contribution is 7.92. The smallest absolute Gasteiger partial charge is 0.243 e. The van der Waals surface area contributed by atoms with Crippen LogP contribution >= 0.6 is 0 Å². The Balaban J connectivity index is 2.16. The summed E-state index contributed by atoms with van der Waals surface area (Å²) in [5.74, 6) is -0.229. The Morgan fingerprint density at radius 2 is 1.67 bits per heavy atom. The van der Waals surface area contributed by atoms with Gasteiger partial charge in [0.15, 0.2) is 0 Å². The Morgan fingerprint density at radius 1 is 1.12 bits per heavy atom. The standard InChI is InChI=1S/C18H28N2O3S/c1-14-10-12-17(13-11-14)20(24(3,22)23)15(2)18(21)19-16-8-6-4-5-7-9-16/h10-13,15-16H,4-9H2,1-3H3,(H,19,21)/t15-/m1/s1.